The number of aryl methyl sites for hydroxylation is 2. The molecule has 0 saturated carbocycles. The molecule has 0 spiro atoms. The summed E-state index contributed by atoms with van der Waals surface area (Å²) in [6.45, 7) is 6.36. The van der Waals surface area contributed by atoms with E-state index in [0.29, 0.717) is 5.75 Å². The van der Waals surface area contributed by atoms with Crippen LogP contribution in [0.2, 0.25) is 0 Å². The van der Waals surface area contributed by atoms with Gasteiger partial charge in [-0.1, -0.05) is 58.1 Å². The minimum atomic E-state index is 0.483. The number of hydrogen-bond acceptors (Lipinski definition) is 2. The number of phenolic OH excluding ortho intramolecular Hbond substituents is 1. The minimum absolute atomic E-state index is 0.483. The molecule has 1 N–H and O–H groups in total. The van der Waals surface area contributed by atoms with Crippen molar-refractivity contribution < 1.29 is 5.11 Å². The van der Waals surface area contributed by atoms with Gasteiger partial charge in [0.25, 0.3) is 0 Å². The fourth-order valence-corrected chi connectivity index (χ4v) is 3.42. The van der Waals surface area contributed by atoms with Gasteiger partial charge in [0.2, 0.25) is 0 Å². The maximum atomic E-state index is 9.93. The Kier molecular flexibility index (Phi) is 8.84. The zero-order valence-corrected chi connectivity index (χ0v) is 14.2. The molecule has 1 aromatic rings. The van der Waals surface area contributed by atoms with Gasteiger partial charge < -0.3 is 5.11 Å². The lowest BCUT2D eigenvalue weighted by molar-refractivity contribution is 0.464. The van der Waals surface area contributed by atoms with Crippen molar-refractivity contribution in [1.82, 2.24) is 0 Å². The molecule has 0 aliphatic rings. The Morgan fingerprint density at radius 3 is 2.40 bits per heavy atom. The van der Waals surface area contributed by atoms with Crippen LogP contribution in [0, 0.1) is 6.92 Å². The Hall–Kier alpha value is -0.630. The minimum Gasteiger partial charge on any atom is -0.507 e. The average molecular weight is 295 g/mol. The Morgan fingerprint density at radius 1 is 1.00 bits per heavy atom. The number of thioether (sulfide) groups is 1. The van der Waals surface area contributed by atoms with Crippen LogP contribution in [0.15, 0.2) is 12.1 Å². The van der Waals surface area contributed by atoms with Crippen LogP contribution in [0.25, 0.3) is 0 Å². The zero-order chi connectivity index (χ0) is 14.8. The smallest absolute Gasteiger partial charge is 0.121 e. The fraction of sp³-hybridized carbons (Fsp3) is 0.667. The second-order valence-corrected chi connectivity index (χ2v) is 6.70. The summed E-state index contributed by atoms with van der Waals surface area (Å²) in [7, 11) is 0. The zero-order valence-electron chi connectivity index (χ0n) is 13.4. The van der Waals surface area contributed by atoms with Crippen molar-refractivity contribution in [2.24, 2.45) is 0 Å². The summed E-state index contributed by atoms with van der Waals surface area (Å²) in [5.74, 6) is 2.81. The molecule has 0 bridgehead atoms. The van der Waals surface area contributed by atoms with Crippen LogP contribution < -0.4 is 0 Å². The van der Waals surface area contributed by atoms with Gasteiger partial charge in [0.15, 0.2) is 0 Å². The molecule has 0 saturated heterocycles. The Morgan fingerprint density at radius 2 is 1.70 bits per heavy atom. The number of phenols is 1. The largest absolute Gasteiger partial charge is 0.507 e. The molecule has 0 fully saturated rings. The summed E-state index contributed by atoms with van der Waals surface area (Å²) in [6, 6.07) is 4.29. The summed E-state index contributed by atoms with van der Waals surface area (Å²) in [5, 5.41) is 9.93. The molecule has 0 aliphatic heterocycles. The average Bonchev–Trinajstić information content (AvgIpc) is 2.45. The standard InChI is InChI=1S/C18H30OS/c1-4-6-7-8-9-10-11-20-14-16-12-15(3)18(19)17(5-2)13-16/h12-13,19H,4-11,14H2,1-3H3. The van der Waals surface area contributed by atoms with E-state index in [1.165, 1.54) is 49.8 Å². The van der Waals surface area contributed by atoms with Crippen LogP contribution in [0.1, 0.15) is 69.1 Å². The molecule has 0 amide bonds. The first kappa shape index (κ1) is 17.4. The van der Waals surface area contributed by atoms with E-state index in [-0.39, 0.29) is 0 Å². The van der Waals surface area contributed by atoms with E-state index >= 15 is 0 Å². The maximum Gasteiger partial charge on any atom is 0.121 e. The number of benzene rings is 1. The molecule has 0 radical (unpaired) electrons. The highest BCUT2D eigenvalue weighted by atomic mass is 32.2. The van der Waals surface area contributed by atoms with Gasteiger partial charge in [-0.3, -0.25) is 0 Å². The summed E-state index contributed by atoms with van der Waals surface area (Å²) in [4.78, 5) is 0. The van der Waals surface area contributed by atoms with E-state index < -0.39 is 0 Å². The highest BCUT2D eigenvalue weighted by molar-refractivity contribution is 7.98. The Bertz CT molecular complexity index is 387. The van der Waals surface area contributed by atoms with Gasteiger partial charge in [0.05, 0.1) is 0 Å². The lowest BCUT2D eigenvalue weighted by atomic mass is 10.0. The first-order valence-electron chi connectivity index (χ1n) is 8.08. The van der Waals surface area contributed by atoms with Crippen molar-refractivity contribution in [2.75, 3.05) is 5.75 Å². The van der Waals surface area contributed by atoms with Gasteiger partial charge >= 0.3 is 0 Å². The molecule has 1 nitrogen and oxygen atoms in total. The molecule has 1 aromatic carbocycles. The second-order valence-electron chi connectivity index (χ2n) is 5.59. The quantitative estimate of drug-likeness (QED) is 0.546. The van der Waals surface area contributed by atoms with Gasteiger partial charge in [-0.05, 0) is 42.2 Å². The van der Waals surface area contributed by atoms with Crippen LogP contribution >= 0.6 is 11.8 Å². The Labute approximate surface area is 129 Å². The third-order valence-corrected chi connectivity index (χ3v) is 4.85. The third-order valence-electron chi connectivity index (χ3n) is 3.73. The van der Waals surface area contributed by atoms with E-state index in [9.17, 15) is 5.11 Å². The van der Waals surface area contributed by atoms with E-state index in [1.54, 1.807) is 0 Å². The van der Waals surface area contributed by atoms with E-state index in [1.807, 2.05) is 18.7 Å². The molecule has 0 heterocycles. The topological polar surface area (TPSA) is 20.2 Å². The molecule has 0 atom stereocenters. The van der Waals surface area contributed by atoms with Gasteiger partial charge in [-0.15, -0.1) is 0 Å². The van der Waals surface area contributed by atoms with Crippen molar-refractivity contribution in [3.63, 3.8) is 0 Å². The lowest BCUT2D eigenvalue weighted by Gasteiger charge is -2.09. The molecule has 0 aliphatic carbocycles. The van der Waals surface area contributed by atoms with Crippen molar-refractivity contribution in [3.05, 3.63) is 28.8 Å². The van der Waals surface area contributed by atoms with Gasteiger partial charge in [0.1, 0.15) is 5.75 Å². The van der Waals surface area contributed by atoms with Crippen LogP contribution in [-0.2, 0) is 12.2 Å². The van der Waals surface area contributed by atoms with Crippen molar-refractivity contribution in [2.45, 2.75) is 71.5 Å². The highest BCUT2D eigenvalue weighted by Crippen LogP contribution is 2.26. The molecule has 20 heavy (non-hydrogen) atoms. The molecule has 1 rings (SSSR count). The van der Waals surface area contributed by atoms with Crippen molar-refractivity contribution in [3.8, 4) is 5.75 Å². The maximum absolute atomic E-state index is 9.93. The summed E-state index contributed by atoms with van der Waals surface area (Å²) >= 11 is 2.02. The summed E-state index contributed by atoms with van der Waals surface area (Å²) in [5.41, 5.74) is 3.45. The molecule has 114 valence electrons. The number of unbranched alkanes of at least 4 members (excludes halogenated alkanes) is 5. The fourth-order valence-electron chi connectivity index (χ4n) is 2.46. The molecular weight excluding hydrogens is 264 g/mol. The summed E-state index contributed by atoms with van der Waals surface area (Å²) < 4.78 is 0. The van der Waals surface area contributed by atoms with E-state index in [4.69, 9.17) is 0 Å². The van der Waals surface area contributed by atoms with Gasteiger partial charge in [0, 0.05) is 5.75 Å². The molecule has 0 aromatic heterocycles. The predicted molar refractivity (Wildman–Crippen MR) is 91.8 cm³/mol. The molecule has 2 heteroatoms. The normalized spacial score (nSPS) is 10.9. The van der Waals surface area contributed by atoms with E-state index in [2.05, 4.69) is 26.0 Å². The first-order valence-corrected chi connectivity index (χ1v) is 9.23. The number of hydrogen-bond donors (Lipinski definition) is 1. The lowest BCUT2D eigenvalue weighted by Crippen LogP contribution is -1.91. The first-order chi connectivity index (χ1) is 9.69. The second kappa shape index (κ2) is 10.1. The Balaban J connectivity index is 2.24. The third kappa shape index (κ3) is 6.21. The predicted octanol–water partition coefficient (Wildman–Crippen LogP) is 5.86. The molecular formula is C18H30OS. The van der Waals surface area contributed by atoms with Gasteiger partial charge in [-0.25, -0.2) is 0 Å². The van der Waals surface area contributed by atoms with Crippen LogP contribution in [0.4, 0.5) is 0 Å². The monoisotopic (exact) mass is 294 g/mol. The van der Waals surface area contributed by atoms with Crippen molar-refractivity contribution >= 4 is 11.8 Å². The van der Waals surface area contributed by atoms with Crippen molar-refractivity contribution in [1.29, 1.82) is 0 Å². The SMILES string of the molecule is CCCCCCCCSCc1cc(C)c(O)c(CC)c1. The molecule has 0 unspecified atom stereocenters. The van der Waals surface area contributed by atoms with Crippen LogP contribution in [-0.4, -0.2) is 10.9 Å². The van der Waals surface area contributed by atoms with Crippen LogP contribution in [0.5, 0.6) is 5.75 Å². The van der Waals surface area contributed by atoms with Crippen LogP contribution in [0.3, 0.4) is 0 Å². The number of aromatic hydroxyl groups is 1. The van der Waals surface area contributed by atoms with Gasteiger partial charge in [-0.2, -0.15) is 11.8 Å². The number of rotatable bonds is 10. The highest BCUT2D eigenvalue weighted by Gasteiger charge is 2.05. The van der Waals surface area contributed by atoms with E-state index in [0.717, 1.165) is 23.3 Å². The summed E-state index contributed by atoms with van der Waals surface area (Å²) in [6.07, 6.45) is 9.13.